The molecule has 0 saturated heterocycles. The van der Waals surface area contributed by atoms with Gasteiger partial charge in [0, 0.05) is 38.2 Å². The molecule has 0 saturated carbocycles. The number of alkyl halides is 2. The molecule has 5 aromatic carbocycles. The Morgan fingerprint density at radius 3 is 2.15 bits per heavy atom. The number of fused-ring (bicyclic) bond motifs is 1. The van der Waals surface area contributed by atoms with E-state index < -0.39 is 29.2 Å². The average molecular weight is 680 g/mol. The second kappa shape index (κ2) is 13.2. The van der Waals surface area contributed by atoms with E-state index in [1.807, 2.05) is 0 Å². The van der Waals surface area contributed by atoms with E-state index in [1.165, 1.54) is 71.7 Å². The van der Waals surface area contributed by atoms with Crippen molar-refractivity contribution in [2.24, 2.45) is 0 Å². The van der Waals surface area contributed by atoms with Crippen molar-refractivity contribution in [1.82, 2.24) is 3.97 Å². The molecule has 0 N–H and O–H groups in total. The highest BCUT2D eigenvalue weighted by atomic mass is 35.5. The summed E-state index contributed by atoms with van der Waals surface area (Å²) in [4.78, 5) is 12.3. The van der Waals surface area contributed by atoms with Gasteiger partial charge in [0.1, 0.15) is 5.82 Å². The van der Waals surface area contributed by atoms with Crippen LogP contribution in [0.2, 0.25) is 5.02 Å². The first kappa shape index (κ1) is 32.3. The minimum Gasteiger partial charge on any atom is -0.465 e. The van der Waals surface area contributed by atoms with Crippen molar-refractivity contribution >= 4 is 39.5 Å². The summed E-state index contributed by atoms with van der Waals surface area (Å²) in [5.41, 5.74) is 2.94. The molecule has 6 aromatic rings. The Morgan fingerprint density at radius 1 is 0.854 bits per heavy atom. The zero-order valence-electron chi connectivity index (χ0n) is 24.9. The minimum atomic E-state index is -2.73. The molecular formula is C37H21ClF3N3O3S. The number of methoxy groups -OCH3 is 1. The minimum absolute atomic E-state index is 0.128. The predicted octanol–water partition coefficient (Wildman–Crippen LogP) is 9.47. The summed E-state index contributed by atoms with van der Waals surface area (Å²) in [6.07, 6.45) is -2.73. The van der Waals surface area contributed by atoms with E-state index >= 15 is 0 Å². The third-order valence-electron chi connectivity index (χ3n) is 7.78. The molecule has 1 unspecified atom stereocenters. The summed E-state index contributed by atoms with van der Waals surface area (Å²) in [5, 5.41) is 20.8. The molecule has 0 aliphatic carbocycles. The SMILES string of the molecule is COC(=O)c1ccc(-c2cccc(-c3c(-c4c(C#N)cccc4C#N)c4cc(F)ccc4n3S(=O)c3ccc(C(F)F)cc3)c2)c(Cl)c1. The lowest BCUT2D eigenvalue weighted by atomic mass is 9.90. The van der Waals surface area contributed by atoms with Gasteiger partial charge in [-0.25, -0.2) is 22.2 Å². The summed E-state index contributed by atoms with van der Waals surface area (Å²) in [6.45, 7) is 0. The summed E-state index contributed by atoms with van der Waals surface area (Å²) >= 11 is 6.62. The van der Waals surface area contributed by atoms with E-state index in [4.69, 9.17) is 16.3 Å². The standard InChI is InChI=1S/C37H21ClF3N3O3S/c1-47-37(45)24-10-14-29(31(38)17-24)22-4-2-5-23(16-22)35-34(33-25(19-42)6-3-7-26(33)20-43)30-18-27(39)11-15-32(30)44(35)48(46)28-12-8-21(9-13-28)36(40)41/h2-18,36H,1H3. The molecule has 6 nitrogen and oxygen atoms in total. The van der Waals surface area contributed by atoms with Crippen LogP contribution in [0.25, 0.3) is 44.4 Å². The van der Waals surface area contributed by atoms with E-state index in [9.17, 15) is 32.7 Å². The number of halogens is 4. The van der Waals surface area contributed by atoms with Gasteiger partial charge in [0.25, 0.3) is 6.43 Å². The molecule has 1 aromatic heterocycles. The van der Waals surface area contributed by atoms with Crippen molar-refractivity contribution < 1.29 is 26.9 Å². The second-order valence-electron chi connectivity index (χ2n) is 10.5. The van der Waals surface area contributed by atoms with Gasteiger partial charge in [-0.2, -0.15) is 10.5 Å². The van der Waals surface area contributed by atoms with Crippen LogP contribution < -0.4 is 0 Å². The Kier molecular flexibility index (Phi) is 8.88. The van der Waals surface area contributed by atoms with E-state index in [2.05, 4.69) is 12.1 Å². The molecule has 0 spiro atoms. The largest absolute Gasteiger partial charge is 0.465 e. The van der Waals surface area contributed by atoms with Crippen LogP contribution in [0.1, 0.15) is 33.5 Å². The van der Waals surface area contributed by atoms with Crippen LogP contribution in [0.5, 0.6) is 0 Å². The molecule has 0 bridgehead atoms. The van der Waals surface area contributed by atoms with Gasteiger partial charge in [0.05, 0.1) is 52.0 Å². The number of hydrogen-bond donors (Lipinski definition) is 0. The number of hydrogen-bond acceptors (Lipinski definition) is 5. The van der Waals surface area contributed by atoms with Crippen molar-refractivity contribution in [1.29, 1.82) is 10.5 Å². The Balaban J connectivity index is 1.70. The quantitative estimate of drug-likeness (QED) is 0.157. The monoisotopic (exact) mass is 679 g/mol. The molecule has 0 fully saturated rings. The normalized spacial score (nSPS) is 11.7. The second-order valence-corrected chi connectivity index (χ2v) is 12.3. The van der Waals surface area contributed by atoms with Crippen molar-refractivity contribution in [3.63, 3.8) is 0 Å². The van der Waals surface area contributed by atoms with Crippen molar-refractivity contribution in [2.45, 2.75) is 11.3 Å². The van der Waals surface area contributed by atoms with Gasteiger partial charge in [-0.15, -0.1) is 0 Å². The topological polar surface area (TPSA) is 95.9 Å². The lowest BCUT2D eigenvalue weighted by Gasteiger charge is -2.15. The average Bonchev–Trinajstić information content (AvgIpc) is 3.44. The third-order valence-corrected chi connectivity index (χ3v) is 9.48. The summed E-state index contributed by atoms with van der Waals surface area (Å²) < 4.78 is 62.5. The molecule has 1 atom stereocenters. The number of benzene rings is 5. The molecule has 236 valence electrons. The maximum atomic E-state index is 15.0. The maximum absolute atomic E-state index is 15.0. The number of nitriles is 2. The van der Waals surface area contributed by atoms with Crippen molar-refractivity contribution in [2.75, 3.05) is 7.11 Å². The van der Waals surface area contributed by atoms with Gasteiger partial charge in [-0.1, -0.05) is 54.1 Å². The van der Waals surface area contributed by atoms with Gasteiger partial charge in [-0.3, -0.25) is 3.97 Å². The first-order valence-corrected chi connectivity index (χ1v) is 15.7. The zero-order chi connectivity index (χ0) is 34.1. The summed E-state index contributed by atoms with van der Waals surface area (Å²) in [5.74, 6) is -1.18. The van der Waals surface area contributed by atoms with Gasteiger partial charge >= 0.3 is 5.97 Å². The highest BCUT2D eigenvalue weighted by Crippen LogP contribution is 2.45. The molecule has 1 heterocycles. The Bertz CT molecular complexity index is 2330. The molecule has 48 heavy (non-hydrogen) atoms. The molecular weight excluding hydrogens is 659 g/mol. The molecule has 0 radical (unpaired) electrons. The first-order chi connectivity index (χ1) is 23.2. The van der Waals surface area contributed by atoms with E-state index in [0.29, 0.717) is 22.2 Å². The fourth-order valence-corrected chi connectivity index (χ4v) is 7.16. The van der Waals surface area contributed by atoms with E-state index in [-0.39, 0.29) is 54.4 Å². The van der Waals surface area contributed by atoms with Crippen molar-refractivity contribution in [3.8, 4) is 45.6 Å². The number of esters is 1. The Labute approximate surface area is 280 Å². The molecule has 0 aliphatic rings. The molecule has 11 heteroatoms. The number of rotatable bonds is 7. The van der Waals surface area contributed by atoms with Crippen LogP contribution in [-0.4, -0.2) is 21.3 Å². The Morgan fingerprint density at radius 2 is 1.52 bits per heavy atom. The fraction of sp³-hybridized carbons (Fsp3) is 0.0541. The van der Waals surface area contributed by atoms with Crippen molar-refractivity contribution in [3.05, 3.63) is 136 Å². The van der Waals surface area contributed by atoms with Crippen LogP contribution in [0, 0.1) is 28.5 Å². The van der Waals surface area contributed by atoms with Gasteiger partial charge in [-0.05, 0) is 66.2 Å². The molecule has 0 aliphatic heterocycles. The van der Waals surface area contributed by atoms with Gasteiger partial charge in [0.15, 0.2) is 11.0 Å². The number of carbonyl (C=O) groups is 1. The third kappa shape index (κ3) is 5.73. The van der Waals surface area contributed by atoms with Gasteiger partial charge in [0.2, 0.25) is 0 Å². The van der Waals surface area contributed by atoms with Crippen LogP contribution in [-0.2, 0) is 15.7 Å². The molecule has 0 amide bonds. The lowest BCUT2D eigenvalue weighted by Crippen LogP contribution is -2.07. The van der Waals surface area contributed by atoms with Crippen LogP contribution in [0.3, 0.4) is 0 Å². The fourth-order valence-electron chi connectivity index (χ4n) is 5.59. The highest BCUT2D eigenvalue weighted by molar-refractivity contribution is 7.83. The van der Waals surface area contributed by atoms with E-state index in [0.717, 1.165) is 0 Å². The zero-order valence-corrected chi connectivity index (χ0v) is 26.5. The summed E-state index contributed by atoms with van der Waals surface area (Å²) in [7, 11) is -0.831. The number of aromatic nitrogens is 1. The predicted molar refractivity (Wildman–Crippen MR) is 177 cm³/mol. The lowest BCUT2D eigenvalue weighted by molar-refractivity contribution is 0.0600. The van der Waals surface area contributed by atoms with Crippen LogP contribution >= 0.6 is 11.6 Å². The Hall–Kier alpha value is -5.68. The molecule has 6 rings (SSSR count). The number of ether oxygens (including phenoxy) is 1. The highest BCUT2D eigenvalue weighted by Gasteiger charge is 2.28. The number of nitrogens with zero attached hydrogens (tertiary/aromatic N) is 3. The smallest absolute Gasteiger partial charge is 0.337 e. The van der Waals surface area contributed by atoms with Crippen LogP contribution in [0.4, 0.5) is 13.2 Å². The summed E-state index contributed by atoms with van der Waals surface area (Å²) in [6, 6.07) is 29.4. The van der Waals surface area contributed by atoms with Gasteiger partial charge < -0.3 is 4.74 Å². The first-order valence-electron chi connectivity index (χ1n) is 14.2. The van der Waals surface area contributed by atoms with Crippen LogP contribution in [0.15, 0.2) is 108 Å². The van der Waals surface area contributed by atoms with E-state index in [1.54, 1.807) is 42.5 Å². The maximum Gasteiger partial charge on any atom is 0.337 e. The number of carbonyl (C=O) groups excluding carboxylic acids is 1.